The van der Waals surface area contributed by atoms with Gasteiger partial charge >= 0.3 is 0 Å². The topological polar surface area (TPSA) is 17.1 Å². The molecule has 0 saturated heterocycles. The van der Waals surface area contributed by atoms with Crippen LogP contribution in [0.2, 0.25) is 0 Å². The van der Waals surface area contributed by atoms with Gasteiger partial charge in [0.15, 0.2) is 0 Å². The minimum absolute atomic E-state index is 0.346. The van der Waals surface area contributed by atoms with Crippen molar-refractivity contribution in [3.05, 3.63) is 115 Å². The van der Waals surface area contributed by atoms with E-state index < -0.39 is 7.14 Å². The van der Waals surface area contributed by atoms with Gasteiger partial charge in [0, 0.05) is 16.6 Å². The van der Waals surface area contributed by atoms with E-state index in [1.54, 1.807) is 0 Å². The monoisotopic (exact) mass is 592 g/mol. The Kier molecular flexibility index (Phi) is 7.39. The minimum atomic E-state index is -2.57. The van der Waals surface area contributed by atoms with Crippen molar-refractivity contribution in [3.8, 4) is 22.3 Å². The van der Waals surface area contributed by atoms with Crippen LogP contribution in [-0.4, -0.2) is 11.3 Å². The van der Waals surface area contributed by atoms with Gasteiger partial charge in [0.05, 0.1) is 0 Å². The number of rotatable bonds is 5. The van der Waals surface area contributed by atoms with E-state index >= 15 is 4.57 Å². The maximum Gasteiger partial charge on any atom is 0.121 e. The molecule has 0 atom stereocenters. The highest BCUT2D eigenvalue weighted by Gasteiger charge is 2.42. The van der Waals surface area contributed by atoms with Gasteiger partial charge in [-0.3, -0.25) is 0 Å². The third kappa shape index (κ3) is 4.72. The fraction of sp³-hybridized carbons (Fsp3) is 0.286. The van der Waals surface area contributed by atoms with E-state index in [1.165, 1.54) is 93.1 Å². The molecule has 44 heavy (non-hydrogen) atoms. The first-order valence-electron chi connectivity index (χ1n) is 16.8. The zero-order valence-corrected chi connectivity index (χ0v) is 26.4. The molecule has 2 fully saturated rings. The Morgan fingerprint density at radius 2 is 0.909 bits per heavy atom. The van der Waals surface area contributed by atoms with E-state index in [4.69, 9.17) is 0 Å². The molecular weight excluding hydrogens is 551 g/mol. The Morgan fingerprint density at radius 3 is 1.45 bits per heavy atom. The molecule has 2 aliphatic rings. The average Bonchev–Trinajstić information content (AvgIpc) is 3.10. The summed E-state index contributed by atoms with van der Waals surface area (Å²) in [5.41, 5.74) is 5.69. The van der Waals surface area contributed by atoms with Gasteiger partial charge in [-0.05, 0) is 92.4 Å². The fourth-order valence-electron chi connectivity index (χ4n) is 8.62. The van der Waals surface area contributed by atoms with Crippen LogP contribution in [0, 0.1) is 0 Å². The van der Waals surface area contributed by atoms with Gasteiger partial charge in [0.25, 0.3) is 0 Å². The summed E-state index contributed by atoms with van der Waals surface area (Å²) < 4.78 is 15.6. The van der Waals surface area contributed by atoms with Crippen molar-refractivity contribution in [1.82, 2.24) is 0 Å². The summed E-state index contributed by atoms with van der Waals surface area (Å²) in [7, 11) is -2.57. The van der Waals surface area contributed by atoms with E-state index in [0.717, 1.165) is 31.0 Å². The zero-order valence-electron chi connectivity index (χ0n) is 25.6. The largest absolute Gasteiger partial charge is 0.318 e. The van der Waals surface area contributed by atoms with Crippen molar-refractivity contribution < 1.29 is 4.57 Å². The summed E-state index contributed by atoms with van der Waals surface area (Å²) in [6, 6.07) is 42.4. The van der Waals surface area contributed by atoms with Gasteiger partial charge < -0.3 is 4.57 Å². The van der Waals surface area contributed by atoms with Crippen molar-refractivity contribution in [2.24, 2.45) is 0 Å². The zero-order chi connectivity index (χ0) is 29.5. The van der Waals surface area contributed by atoms with E-state index in [-0.39, 0.29) is 0 Å². The molecule has 8 rings (SSSR count). The first kappa shape index (κ1) is 27.8. The SMILES string of the molecule is O=P(c1cccc(-c2c3ccccc3c(-c3ccc4ccccc4c3)c3ccccc23)c1)(C1CCCCC1)C1CCCCC1. The summed E-state index contributed by atoms with van der Waals surface area (Å²) in [5, 5.41) is 8.72. The van der Waals surface area contributed by atoms with Crippen LogP contribution in [0.25, 0.3) is 54.6 Å². The van der Waals surface area contributed by atoms with Crippen molar-refractivity contribution in [1.29, 1.82) is 0 Å². The van der Waals surface area contributed by atoms with Gasteiger partial charge in [0.1, 0.15) is 7.14 Å². The first-order valence-corrected chi connectivity index (χ1v) is 18.7. The molecule has 0 spiro atoms. The minimum Gasteiger partial charge on any atom is -0.318 e. The fourth-order valence-corrected chi connectivity index (χ4v) is 13.0. The number of hydrogen-bond acceptors (Lipinski definition) is 1. The second-order valence-corrected chi connectivity index (χ2v) is 16.6. The van der Waals surface area contributed by atoms with Gasteiger partial charge in [-0.25, -0.2) is 0 Å². The van der Waals surface area contributed by atoms with E-state index in [9.17, 15) is 0 Å². The molecule has 2 aliphatic carbocycles. The lowest BCUT2D eigenvalue weighted by Gasteiger charge is -2.38. The van der Waals surface area contributed by atoms with Crippen molar-refractivity contribution in [2.75, 3.05) is 0 Å². The predicted molar refractivity (Wildman–Crippen MR) is 191 cm³/mol. The standard InChI is InChI=1S/C42H41OP/c43-44(34-17-3-1-4-18-34,35-19-5-2-6-20-35)36-21-13-16-32(29-36)41-37-22-9-11-24-39(37)42(40-25-12-10-23-38(40)41)33-27-26-30-14-7-8-15-31(30)28-33/h7-16,21-29,34-35H,1-6,17-20H2. The molecule has 220 valence electrons. The Balaban J connectivity index is 1.35. The number of hydrogen-bond donors (Lipinski definition) is 0. The highest BCUT2D eigenvalue weighted by molar-refractivity contribution is 7.73. The van der Waals surface area contributed by atoms with Crippen molar-refractivity contribution in [3.63, 3.8) is 0 Å². The number of benzene rings is 6. The molecule has 0 aromatic heterocycles. The Labute approximate surface area is 261 Å². The molecular formula is C42H41OP. The molecule has 0 heterocycles. The molecule has 0 unspecified atom stereocenters. The molecule has 0 N–H and O–H groups in total. The quantitative estimate of drug-likeness (QED) is 0.144. The van der Waals surface area contributed by atoms with Crippen LogP contribution in [0.4, 0.5) is 0 Å². The molecule has 6 aromatic rings. The van der Waals surface area contributed by atoms with Gasteiger partial charge in [-0.15, -0.1) is 0 Å². The molecule has 0 aliphatic heterocycles. The lowest BCUT2D eigenvalue weighted by atomic mass is 9.85. The van der Waals surface area contributed by atoms with Crippen LogP contribution in [0.15, 0.2) is 115 Å². The molecule has 2 heteroatoms. The van der Waals surface area contributed by atoms with Gasteiger partial charge in [-0.1, -0.05) is 142 Å². The normalized spacial score (nSPS) is 17.0. The van der Waals surface area contributed by atoms with Crippen LogP contribution < -0.4 is 5.30 Å². The Hall–Kier alpha value is -3.67. The predicted octanol–water partition coefficient (Wildman–Crippen LogP) is 12.1. The van der Waals surface area contributed by atoms with E-state index in [1.807, 2.05) is 0 Å². The lowest BCUT2D eigenvalue weighted by Crippen LogP contribution is -2.29. The summed E-state index contributed by atoms with van der Waals surface area (Å²) in [6.45, 7) is 0. The second kappa shape index (κ2) is 11.7. The van der Waals surface area contributed by atoms with Crippen LogP contribution >= 0.6 is 7.14 Å². The third-order valence-electron chi connectivity index (χ3n) is 10.7. The molecule has 2 saturated carbocycles. The average molecular weight is 593 g/mol. The maximum atomic E-state index is 15.6. The van der Waals surface area contributed by atoms with Crippen LogP contribution in [0.1, 0.15) is 64.2 Å². The molecule has 1 nitrogen and oxygen atoms in total. The molecule has 0 bridgehead atoms. The van der Waals surface area contributed by atoms with E-state index in [0.29, 0.717) is 11.3 Å². The first-order chi connectivity index (χ1) is 21.7. The van der Waals surface area contributed by atoms with Crippen LogP contribution in [-0.2, 0) is 4.57 Å². The Morgan fingerprint density at radius 1 is 0.432 bits per heavy atom. The Bertz CT molecular complexity index is 1950. The van der Waals surface area contributed by atoms with Crippen molar-refractivity contribution in [2.45, 2.75) is 75.5 Å². The summed E-state index contributed by atoms with van der Waals surface area (Å²) in [6.07, 6.45) is 12.0. The number of fused-ring (bicyclic) bond motifs is 3. The summed E-state index contributed by atoms with van der Waals surface area (Å²) in [4.78, 5) is 0. The van der Waals surface area contributed by atoms with Crippen molar-refractivity contribution >= 4 is 44.8 Å². The van der Waals surface area contributed by atoms with Gasteiger partial charge in [0.2, 0.25) is 0 Å². The van der Waals surface area contributed by atoms with Crippen LogP contribution in [0.3, 0.4) is 0 Å². The highest BCUT2D eigenvalue weighted by Crippen LogP contribution is 2.62. The third-order valence-corrected chi connectivity index (χ3v) is 15.0. The van der Waals surface area contributed by atoms with Gasteiger partial charge in [-0.2, -0.15) is 0 Å². The smallest absolute Gasteiger partial charge is 0.121 e. The molecule has 0 amide bonds. The summed E-state index contributed by atoms with van der Waals surface area (Å²) >= 11 is 0. The highest BCUT2D eigenvalue weighted by atomic mass is 31.2. The summed E-state index contributed by atoms with van der Waals surface area (Å²) in [5.74, 6) is 0. The second-order valence-electron chi connectivity index (χ2n) is 13.2. The van der Waals surface area contributed by atoms with E-state index in [2.05, 4.69) is 115 Å². The van der Waals surface area contributed by atoms with Crippen LogP contribution in [0.5, 0.6) is 0 Å². The molecule has 6 aromatic carbocycles. The maximum absolute atomic E-state index is 15.6. The molecule has 0 radical (unpaired) electrons. The lowest BCUT2D eigenvalue weighted by molar-refractivity contribution is 0.453.